The van der Waals surface area contributed by atoms with Crippen LogP contribution in [-0.2, 0) is 11.3 Å². The number of rotatable bonds is 5. The molecule has 1 unspecified atom stereocenters. The summed E-state index contributed by atoms with van der Waals surface area (Å²) in [6.45, 7) is 4.70. The molecule has 0 aliphatic heterocycles. The molecule has 14 heavy (non-hydrogen) atoms. The zero-order valence-corrected chi connectivity index (χ0v) is 9.07. The highest BCUT2D eigenvalue weighted by molar-refractivity contribution is 4.92. The molecule has 0 amide bonds. The molecule has 0 saturated carbocycles. The van der Waals surface area contributed by atoms with E-state index in [0.717, 1.165) is 0 Å². The average molecular weight is 199 g/mol. The molecular weight excluding hydrogens is 182 g/mol. The van der Waals surface area contributed by atoms with E-state index in [9.17, 15) is 0 Å². The molecule has 1 aromatic rings. The first kappa shape index (κ1) is 11.1. The Morgan fingerprint density at radius 3 is 2.71 bits per heavy atom. The predicted molar refractivity (Wildman–Crippen MR) is 51.6 cm³/mol. The summed E-state index contributed by atoms with van der Waals surface area (Å²) in [7, 11) is 3.49. The van der Waals surface area contributed by atoms with Crippen molar-refractivity contribution in [2.45, 2.75) is 26.5 Å². The molecule has 0 radical (unpaired) electrons. The Kier molecular flexibility index (Phi) is 4.03. The summed E-state index contributed by atoms with van der Waals surface area (Å²) in [6, 6.07) is 0. The lowest BCUT2D eigenvalue weighted by molar-refractivity contribution is 0.0555. The van der Waals surface area contributed by atoms with Crippen LogP contribution < -0.4 is 5.32 Å². The number of hydrogen-bond donors (Lipinski definition) is 1. The molecule has 0 bridgehead atoms. The van der Waals surface area contributed by atoms with Crippen LogP contribution in [0.3, 0.4) is 0 Å². The zero-order chi connectivity index (χ0) is 10.6. The van der Waals surface area contributed by atoms with Gasteiger partial charge in [-0.05, 0) is 13.0 Å². The van der Waals surface area contributed by atoms with Crippen LogP contribution in [0.5, 0.6) is 0 Å². The Morgan fingerprint density at radius 2 is 2.21 bits per heavy atom. The molecule has 80 valence electrons. The van der Waals surface area contributed by atoms with Crippen molar-refractivity contribution in [1.29, 1.82) is 0 Å². The molecule has 5 nitrogen and oxygen atoms in total. The second kappa shape index (κ2) is 5.07. The molecule has 1 atom stereocenters. The van der Waals surface area contributed by atoms with Crippen molar-refractivity contribution in [3.63, 3.8) is 0 Å². The highest BCUT2D eigenvalue weighted by atomic mass is 16.5. The van der Waals surface area contributed by atoms with Crippen molar-refractivity contribution in [2.24, 2.45) is 5.92 Å². The number of hydrogen-bond acceptors (Lipinski definition) is 5. The Bertz CT molecular complexity index is 273. The van der Waals surface area contributed by atoms with Gasteiger partial charge in [-0.3, -0.25) is 0 Å². The smallest absolute Gasteiger partial charge is 0.240 e. The molecule has 0 fully saturated rings. The van der Waals surface area contributed by atoms with E-state index in [1.165, 1.54) is 0 Å². The first-order valence-electron chi connectivity index (χ1n) is 4.69. The van der Waals surface area contributed by atoms with E-state index in [4.69, 9.17) is 9.26 Å². The third kappa shape index (κ3) is 2.52. The maximum atomic E-state index is 5.28. The van der Waals surface area contributed by atoms with Crippen LogP contribution >= 0.6 is 0 Å². The van der Waals surface area contributed by atoms with Crippen molar-refractivity contribution >= 4 is 0 Å². The summed E-state index contributed by atoms with van der Waals surface area (Å²) in [5.74, 6) is 1.54. The molecule has 0 aliphatic carbocycles. The minimum absolute atomic E-state index is 0.0932. The van der Waals surface area contributed by atoms with Crippen molar-refractivity contribution in [3.05, 3.63) is 11.7 Å². The van der Waals surface area contributed by atoms with Crippen molar-refractivity contribution in [2.75, 3.05) is 14.2 Å². The summed E-state index contributed by atoms with van der Waals surface area (Å²) in [5, 5.41) is 6.82. The molecule has 1 N–H and O–H groups in total. The van der Waals surface area contributed by atoms with Crippen LogP contribution in [0.2, 0.25) is 0 Å². The van der Waals surface area contributed by atoms with Crippen LogP contribution in [-0.4, -0.2) is 24.3 Å². The van der Waals surface area contributed by atoms with Crippen LogP contribution in [0.15, 0.2) is 4.52 Å². The largest absolute Gasteiger partial charge is 0.373 e. The second-order valence-electron chi connectivity index (χ2n) is 3.48. The fourth-order valence-electron chi connectivity index (χ4n) is 1.28. The summed E-state index contributed by atoms with van der Waals surface area (Å²) in [4.78, 5) is 4.23. The minimum Gasteiger partial charge on any atom is -0.373 e. The van der Waals surface area contributed by atoms with E-state index in [1.807, 2.05) is 7.05 Å². The maximum Gasteiger partial charge on any atom is 0.240 e. The van der Waals surface area contributed by atoms with Crippen LogP contribution in [0.25, 0.3) is 0 Å². The summed E-state index contributed by atoms with van der Waals surface area (Å²) >= 11 is 0. The van der Waals surface area contributed by atoms with E-state index in [-0.39, 0.29) is 6.10 Å². The molecule has 0 spiro atoms. The summed E-state index contributed by atoms with van der Waals surface area (Å²) in [5.41, 5.74) is 0. The second-order valence-corrected chi connectivity index (χ2v) is 3.48. The third-order valence-electron chi connectivity index (χ3n) is 1.93. The van der Waals surface area contributed by atoms with Gasteiger partial charge in [0.2, 0.25) is 11.7 Å². The Balaban J connectivity index is 2.73. The Morgan fingerprint density at radius 1 is 1.50 bits per heavy atom. The third-order valence-corrected chi connectivity index (χ3v) is 1.93. The Labute approximate surface area is 83.8 Å². The standard InChI is InChI=1S/C9H17N3O2/c1-6(2)8(13-4)9-11-7(5-10-3)14-12-9/h6,8,10H,5H2,1-4H3. The van der Waals surface area contributed by atoms with Gasteiger partial charge in [-0.15, -0.1) is 0 Å². The lowest BCUT2D eigenvalue weighted by atomic mass is 10.1. The molecule has 1 aromatic heterocycles. The van der Waals surface area contributed by atoms with Gasteiger partial charge in [0.25, 0.3) is 0 Å². The van der Waals surface area contributed by atoms with Gasteiger partial charge in [0.1, 0.15) is 6.10 Å². The number of methoxy groups -OCH3 is 1. The van der Waals surface area contributed by atoms with E-state index in [1.54, 1.807) is 7.11 Å². The topological polar surface area (TPSA) is 60.2 Å². The monoisotopic (exact) mass is 199 g/mol. The lowest BCUT2D eigenvalue weighted by Gasteiger charge is -2.14. The van der Waals surface area contributed by atoms with E-state index in [0.29, 0.717) is 24.2 Å². The quantitative estimate of drug-likeness (QED) is 0.770. The normalized spacial score (nSPS) is 13.5. The molecule has 5 heteroatoms. The zero-order valence-electron chi connectivity index (χ0n) is 9.07. The van der Waals surface area contributed by atoms with Gasteiger partial charge in [-0.2, -0.15) is 4.98 Å². The van der Waals surface area contributed by atoms with Gasteiger partial charge in [0, 0.05) is 7.11 Å². The fraction of sp³-hybridized carbons (Fsp3) is 0.778. The molecular formula is C9H17N3O2. The first-order chi connectivity index (χ1) is 6.69. The number of nitrogens with zero attached hydrogens (tertiary/aromatic N) is 2. The van der Waals surface area contributed by atoms with Crippen molar-refractivity contribution in [3.8, 4) is 0 Å². The summed E-state index contributed by atoms with van der Waals surface area (Å²) < 4.78 is 10.3. The highest BCUT2D eigenvalue weighted by Crippen LogP contribution is 2.21. The van der Waals surface area contributed by atoms with Gasteiger partial charge >= 0.3 is 0 Å². The number of aromatic nitrogens is 2. The molecule has 0 aromatic carbocycles. The SMILES string of the molecule is CNCc1nc(C(OC)C(C)C)no1. The van der Waals surface area contributed by atoms with Gasteiger partial charge in [-0.25, -0.2) is 0 Å². The van der Waals surface area contributed by atoms with Crippen molar-refractivity contribution < 1.29 is 9.26 Å². The van der Waals surface area contributed by atoms with Gasteiger partial charge in [-0.1, -0.05) is 19.0 Å². The fourth-order valence-corrected chi connectivity index (χ4v) is 1.28. The first-order valence-corrected chi connectivity index (χ1v) is 4.69. The van der Waals surface area contributed by atoms with E-state index >= 15 is 0 Å². The van der Waals surface area contributed by atoms with E-state index in [2.05, 4.69) is 29.3 Å². The maximum absolute atomic E-state index is 5.28. The van der Waals surface area contributed by atoms with Crippen LogP contribution in [0.1, 0.15) is 31.7 Å². The van der Waals surface area contributed by atoms with Gasteiger partial charge in [0.15, 0.2) is 0 Å². The number of nitrogens with one attached hydrogen (secondary N) is 1. The molecule has 0 saturated heterocycles. The highest BCUT2D eigenvalue weighted by Gasteiger charge is 2.20. The van der Waals surface area contributed by atoms with E-state index < -0.39 is 0 Å². The average Bonchev–Trinajstić information content (AvgIpc) is 2.54. The lowest BCUT2D eigenvalue weighted by Crippen LogP contribution is -2.11. The summed E-state index contributed by atoms with van der Waals surface area (Å²) in [6.07, 6.45) is -0.0932. The minimum atomic E-state index is -0.0932. The van der Waals surface area contributed by atoms with Gasteiger partial charge in [0.05, 0.1) is 6.54 Å². The van der Waals surface area contributed by atoms with Crippen LogP contribution in [0.4, 0.5) is 0 Å². The molecule has 1 rings (SSSR count). The predicted octanol–water partition coefficient (Wildman–Crippen LogP) is 1.13. The molecule has 1 heterocycles. The molecule has 0 aliphatic rings. The van der Waals surface area contributed by atoms with Crippen LogP contribution in [0, 0.1) is 5.92 Å². The Hall–Kier alpha value is -0.940. The number of ether oxygens (including phenoxy) is 1. The van der Waals surface area contributed by atoms with Gasteiger partial charge < -0.3 is 14.6 Å². The van der Waals surface area contributed by atoms with Crippen molar-refractivity contribution in [1.82, 2.24) is 15.5 Å².